The largest absolute Gasteiger partial charge is 0.366 e. The molecule has 0 radical (unpaired) electrons. The van der Waals surface area contributed by atoms with Crippen molar-refractivity contribution in [3.05, 3.63) is 12.2 Å². The second-order valence-electron chi connectivity index (χ2n) is 3.06. The fourth-order valence-corrected chi connectivity index (χ4v) is 1.69. The van der Waals surface area contributed by atoms with Gasteiger partial charge in [-0.05, 0) is 19.4 Å². The molecule has 1 N–H and O–H groups in total. The Morgan fingerprint density at radius 3 is 3.10 bits per heavy atom. The van der Waals surface area contributed by atoms with Crippen molar-refractivity contribution in [3.63, 3.8) is 0 Å². The monoisotopic (exact) mass is 139 g/mol. The Balaban J connectivity index is 2.05. The van der Waals surface area contributed by atoms with E-state index in [4.69, 9.17) is 4.74 Å². The van der Waals surface area contributed by atoms with Gasteiger partial charge in [0.1, 0.15) is 0 Å². The van der Waals surface area contributed by atoms with Gasteiger partial charge in [-0.3, -0.25) is 0 Å². The maximum Gasteiger partial charge on any atom is 0.0991 e. The highest BCUT2D eigenvalue weighted by Gasteiger charge is 2.32. The zero-order valence-corrected chi connectivity index (χ0v) is 6.10. The fourth-order valence-electron chi connectivity index (χ4n) is 1.69. The molecule has 56 valence electrons. The van der Waals surface area contributed by atoms with E-state index in [1.54, 1.807) is 0 Å². The Bertz CT molecular complexity index is 147. The number of hydrogen-bond acceptors (Lipinski definition) is 2. The molecule has 2 nitrogen and oxygen atoms in total. The lowest BCUT2D eigenvalue weighted by molar-refractivity contribution is 0.00778. The molecule has 0 saturated carbocycles. The first kappa shape index (κ1) is 6.38. The third kappa shape index (κ3) is 0.976. The van der Waals surface area contributed by atoms with Crippen molar-refractivity contribution in [3.8, 4) is 0 Å². The van der Waals surface area contributed by atoms with E-state index >= 15 is 0 Å². The van der Waals surface area contributed by atoms with E-state index in [2.05, 4.69) is 17.5 Å². The predicted octanol–water partition coefficient (Wildman–Crippen LogP) is 0.695. The average Bonchev–Trinajstić information content (AvgIpc) is 2.39. The molecular formula is C8H13NO. The van der Waals surface area contributed by atoms with E-state index in [-0.39, 0.29) is 5.60 Å². The van der Waals surface area contributed by atoms with Crippen molar-refractivity contribution in [2.45, 2.75) is 18.4 Å². The molecule has 2 aliphatic rings. The summed E-state index contributed by atoms with van der Waals surface area (Å²) in [6.07, 6.45) is 6.76. The Morgan fingerprint density at radius 1 is 1.50 bits per heavy atom. The lowest BCUT2D eigenvalue weighted by Gasteiger charge is -2.31. The molecule has 0 bridgehead atoms. The topological polar surface area (TPSA) is 21.3 Å². The zero-order chi connectivity index (χ0) is 6.86. The van der Waals surface area contributed by atoms with Gasteiger partial charge in [0.25, 0.3) is 0 Å². The molecule has 1 atom stereocenters. The van der Waals surface area contributed by atoms with Crippen LogP contribution in [0.2, 0.25) is 0 Å². The molecule has 1 fully saturated rings. The average molecular weight is 139 g/mol. The van der Waals surface area contributed by atoms with Crippen LogP contribution in [-0.2, 0) is 4.74 Å². The molecular weight excluding hydrogens is 126 g/mol. The van der Waals surface area contributed by atoms with Crippen molar-refractivity contribution >= 4 is 0 Å². The minimum absolute atomic E-state index is 0.0816. The maximum absolute atomic E-state index is 5.61. The summed E-state index contributed by atoms with van der Waals surface area (Å²) in [5.41, 5.74) is 0.0816. The van der Waals surface area contributed by atoms with E-state index < -0.39 is 0 Å². The molecule has 1 spiro atoms. The lowest BCUT2D eigenvalue weighted by Crippen LogP contribution is -2.44. The Hall–Kier alpha value is -0.340. The third-order valence-electron chi connectivity index (χ3n) is 2.27. The minimum Gasteiger partial charge on any atom is -0.366 e. The number of hydrogen-bond donors (Lipinski definition) is 1. The van der Waals surface area contributed by atoms with E-state index in [0.29, 0.717) is 0 Å². The molecule has 1 unspecified atom stereocenters. The van der Waals surface area contributed by atoms with Crippen LogP contribution in [0.3, 0.4) is 0 Å². The SMILES string of the molecule is C1=CC2(CCCNC2)OC1. The summed E-state index contributed by atoms with van der Waals surface area (Å²) in [6.45, 7) is 2.96. The van der Waals surface area contributed by atoms with Gasteiger partial charge in [0.15, 0.2) is 0 Å². The summed E-state index contributed by atoms with van der Waals surface area (Å²) in [4.78, 5) is 0. The molecule has 2 heteroatoms. The zero-order valence-electron chi connectivity index (χ0n) is 6.10. The highest BCUT2D eigenvalue weighted by molar-refractivity contribution is 5.10. The summed E-state index contributed by atoms with van der Waals surface area (Å²) in [5.74, 6) is 0. The van der Waals surface area contributed by atoms with E-state index in [1.165, 1.54) is 12.8 Å². The van der Waals surface area contributed by atoms with Gasteiger partial charge in [0, 0.05) is 6.54 Å². The van der Waals surface area contributed by atoms with Gasteiger partial charge in [-0.15, -0.1) is 0 Å². The summed E-state index contributed by atoms with van der Waals surface area (Å²) in [5, 5.41) is 3.34. The standard InChI is InChI=1S/C8H13NO/c1-3-8(7-9-5-1)4-2-6-10-8/h2,4,9H,1,3,5-7H2. The minimum atomic E-state index is 0.0816. The molecule has 0 aromatic carbocycles. The van der Waals surface area contributed by atoms with Crippen LogP contribution < -0.4 is 5.32 Å². The van der Waals surface area contributed by atoms with Crippen molar-refractivity contribution in [1.82, 2.24) is 5.32 Å². The first-order valence-electron chi connectivity index (χ1n) is 3.94. The van der Waals surface area contributed by atoms with E-state index in [1.807, 2.05) is 0 Å². The van der Waals surface area contributed by atoms with Crippen LogP contribution in [0.1, 0.15) is 12.8 Å². The number of nitrogens with one attached hydrogen (secondary N) is 1. The van der Waals surface area contributed by atoms with Gasteiger partial charge in [0.2, 0.25) is 0 Å². The molecule has 0 aromatic rings. The first-order chi connectivity index (χ1) is 4.91. The van der Waals surface area contributed by atoms with Gasteiger partial charge in [-0.25, -0.2) is 0 Å². The van der Waals surface area contributed by atoms with Gasteiger partial charge >= 0.3 is 0 Å². The van der Waals surface area contributed by atoms with Crippen LogP contribution in [0.15, 0.2) is 12.2 Å². The number of ether oxygens (including phenoxy) is 1. The first-order valence-corrected chi connectivity index (χ1v) is 3.94. The highest BCUT2D eigenvalue weighted by Crippen LogP contribution is 2.25. The molecule has 0 aliphatic carbocycles. The quantitative estimate of drug-likeness (QED) is 0.499. The van der Waals surface area contributed by atoms with Crippen LogP contribution in [0.4, 0.5) is 0 Å². The molecule has 10 heavy (non-hydrogen) atoms. The Morgan fingerprint density at radius 2 is 2.50 bits per heavy atom. The highest BCUT2D eigenvalue weighted by atomic mass is 16.5. The predicted molar refractivity (Wildman–Crippen MR) is 39.9 cm³/mol. The van der Waals surface area contributed by atoms with Gasteiger partial charge < -0.3 is 10.1 Å². The molecule has 2 heterocycles. The normalized spacial score (nSPS) is 39.2. The molecule has 2 aliphatic heterocycles. The summed E-state index contributed by atoms with van der Waals surface area (Å²) < 4.78 is 5.61. The van der Waals surface area contributed by atoms with Gasteiger partial charge in [-0.2, -0.15) is 0 Å². The van der Waals surface area contributed by atoms with Crippen LogP contribution in [0, 0.1) is 0 Å². The molecule has 2 rings (SSSR count). The second kappa shape index (κ2) is 2.36. The maximum atomic E-state index is 5.61. The van der Waals surface area contributed by atoms with E-state index in [0.717, 1.165) is 19.7 Å². The molecule has 1 saturated heterocycles. The Labute approximate surface area is 61.3 Å². The van der Waals surface area contributed by atoms with Crippen LogP contribution in [0.25, 0.3) is 0 Å². The number of piperidine rings is 1. The van der Waals surface area contributed by atoms with Crippen molar-refractivity contribution < 1.29 is 4.74 Å². The van der Waals surface area contributed by atoms with Gasteiger partial charge in [0.05, 0.1) is 12.2 Å². The smallest absolute Gasteiger partial charge is 0.0991 e. The molecule has 0 amide bonds. The van der Waals surface area contributed by atoms with Crippen molar-refractivity contribution in [1.29, 1.82) is 0 Å². The molecule has 0 aromatic heterocycles. The Kier molecular flexibility index (Phi) is 1.51. The van der Waals surface area contributed by atoms with E-state index in [9.17, 15) is 0 Å². The summed E-state index contributed by atoms with van der Waals surface area (Å²) in [6, 6.07) is 0. The summed E-state index contributed by atoms with van der Waals surface area (Å²) in [7, 11) is 0. The summed E-state index contributed by atoms with van der Waals surface area (Å²) >= 11 is 0. The van der Waals surface area contributed by atoms with Gasteiger partial charge in [-0.1, -0.05) is 12.2 Å². The number of rotatable bonds is 0. The van der Waals surface area contributed by atoms with Crippen LogP contribution in [0.5, 0.6) is 0 Å². The van der Waals surface area contributed by atoms with Crippen LogP contribution >= 0.6 is 0 Å². The fraction of sp³-hybridized carbons (Fsp3) is 0.750. The van der Waals surface area contributed by atoms with Crippen molar-refractivity contribution in [2.24, 2.45) is 0 Å². The third-order valence-corrected chi connectivity index (χ3v) is 2.27. The van der Waals surface area contributed by atoms with Crippen molar-refractivity contribution in [2.75, 3.05) is 19.7 Å². The second-order valence-corrected chi connectivity index (χ2v) is 3.06. The lowest BCUT2D eigenvalue weighted by atomic mass is 9.95. The van der Waals surface area contributed by atoms with Crippen LogP contribution in [-0.4, -0.2) is 25.3 Å².